The topological polar surface area (TPSA) is 56.8 Å². The van der Waals surface area contributed by atoms with Crippen molar-refractivity contribution >= 4 is 5.82 Å². The highest BCUT2D eigenvalue weighted by Crippen LogP contribution is 2.20. The second-order valence-electron chi connectivity index (χ2n) is 5.25. The number of hydrogen-bond acceptors (Lipinski definition) is 4. The van der Waals surface area contributed by atoms with E-state index in [9.17, 15) is 0 Å². The van der Waals surface area contributed by atoms with Crippen LogP contribution in [0.3, 0.4) is 0 Å². The van der Waals surface area contributed by atoms with E-state index in [-0.39, 0.29) is 0 Å². The Bertz CT molecular complexity index is 509. The molecule has 100 valence electrons. The van der Waals surface area contributed by atoms with Crippen LogP contribution in [0, 0.1) is 0 Å². The molecule has 0 bridgehead atoms. The number of anilines is 1. The van der Waals surface area contributed by atoms with Gasteiger partial charge in [-0.2, -0.15) is 5.10 Å². The molecule has 0 radical (unpaired) electrons. The van der Waals surface area contributed by atoms with Crippen LogP contribution in [0.4, 0.5) is 5.82 Å². The largest absolute Gasteiger partial charge is 0.354 e. The summed E-state index contributed by atoms with van der Waals surface area (Å²) < 4.78 is 0. The van der Waals surface area contributed by atoms with Gasteiger partial charge >= 0.3 is 0 Å². The van der Waals surface area contributed by atoms with Crippen molar-refractivity contribution in [3.05, 3.63) is 30.6 Å². The highest BCUT2D eigenvalue weighted by Gasteiger charge is 2.21. The molecule has 2 aromatic rings. The summed E-state index contributed by atoms with van der Waals surface area (Å²) in [5.74, 6) is 1.04. The second-order valence-corrected chi connectivity index (χ2v) is 5.25. The number of rotatable bonds is 2. The van der Waals surface area contributed by atoms with Crippen LogP contribution in [0.25, 0.3) is 11.3 Å². The maximum Gasteiger partial charge on any atom is 0.128 e. The number of hydrogen-bond donors (Lipinski definition) is 2. The van der Waals surface area contributed by atoms with Crippen LogP contribution < -0.4 is 10.2 Å². The van der Waals surface area contributed by atoms with E-state index in [4.69, 9.17) is 0 Å². The van der Waals surface area contributed by atoms with Crippen LogP contribution in [0.5, 0.6) is 0 Å². The molecule has 3 rings (SSSR count). The lowest BCUT2D eigenvalue weighted by molar-refractivity contribution is 0.405. The molecular weight excluding hydrogens is 238 g/mol. The highest BCUT2D eigenvalue weighted by atomic mass is 15.3. The average Bonchev–Trinajstić information content (AvgIpc) is 2.91. The van der Waals surface area contributed by atoms with E-state index in [1.807, 2.05) is 12.3 Å². The van der Waals surface area contributed by atoms with Crippen molar-refractivity contribution < 1.29 is 0 Å². The van der Waals surface area contributed by atoms with Crippen molar-refractivity contribution in [2.24, 2.45) is 0 Å². The Kier molecular flexibility index (Phi) is 3.21. The van der Waals surface area contributed by atoms with Crippen LogP contribution in [0.2, 0.25) is 0 Å². The number of aromatic amines is 1. The van der Waals surface area contributed by atoms with Gasteiger partial charge in [-0.25, -0.2) is 4.98 Å². The van der Waals surface area contributed by atoms with Crippen LogP contribution >= 0.6 is 0 Å². The van der Waals surface area contributed by atoms with Crippen molar-refractivity contribution in [1.82, 2.24) is 20.5 Å². The first-order valence-electron chi connectivity index (χ1n) is 6.69. The van der Waals surface area contributed by atoms with Crippen molar-refractivity contribution in [3.8, 4) is 11.3 Å². The summed E-state index contributed by atoms with van der Waals surface area (Å²) >= 11 is 0. The van der Waals surface area contributed by atoms with Crippen LogP contribution in [-0.2, 0) is 0 Å². The summed E-state index contributed by atoms with van der Waals surface area (Å²) in [6.45, 7) is 6.42. The van der Waals surface area contributed by atoms with E-state index in [0.29, 0.717) is 12.1 Å². The second kappa shape index (κ2) is 5.01. The Morgan fingerprint density at radius 2 is 1.95 bits per heavy atom. The van der Waals surface area contributed by atoms with Gasteiger partial charge in [0.15, 0.2) is 0 Å². The first-order valence-corrected chi connectivity index (χ1v) is 6.69. The van der Waals surface area contributed by atoms with E-state index in [0.717, 1.165) is 30.2 Å². The lowest BCUT2D eigenvalue weighted by Gasteiger charge is -2.36. The smallest absolute Gasteiger partial charge is 0.128 e. The summed E-state index contributed by atoms with van der Waals surface area (Å²) in [6.07, 6.45) is 3.66. The van der Waals surface area contributed by atoms with E-state index < -0.39 is 0 Å². The zero-order chi connectivity index (χ0) is 13.2. The molecule has 19 heavy (non-hydrogen) atoms. The molecule has 0 saturated carbocycles. The minimum Gasteiger partial charge on any atom is -0.354 e. The van der Waals surface area contributed by atoms with Gasteiger partial charge in [0.1, 0.15) is 5.82 Å². The van der Waals surface area contributed by atoms with Crippen molar-refractivity contribution in [1.29, 1.82) is 0 Å². The maximum atomic E-state index is 4.58. The molecule has 5 heteroatoms. The highest BCUT2D eigenvalue weighted by molar-refractivity contribution is 5.59. The Morgan fingerprint density at radius 1 is 1.16 bits per heavy atom. The summed E-state index contributed by atoms with van der Waals surface area (Å²) in [5, 5.41) is 10.4. The lowest BCUT2D eigenvalue weighted by atomic mass is 10.1. The first-order chi connectivity index (χ1) is 9.22. The lowest BCUT2D eigenvalue weighted by Crippen LogP contribution is -2.54. The van der Waals surface area contributed by atoms with Gasteiger partial charge in [-0.05, 0) is 32.0 Å². The maximum absolute atomic E-state index is 4.58. The number of nitrogens with zero attached hydrogens (tertiary/aromatic N) is 3. The van der Waals surface area contributed by atoms with Crippen LogP contribution in [0.1, 0.15) is 13.8 Å². The molecule has 1 aliphatic rings. The summed E-state index contributed by atoms with van der Waals surface area (Å²) in [7, 11) is 0. The number of piperazine rings is 1. The molecule has 1 aliphatic heterocycles. The fourth-order valence-electron chi connectivity index (χ4n) is 2.66. The summed E-state index contributed by atoms with van der Waals surface area (Å²) in [4.78, 5) is 6.91. The Morgan fingerprint density at radius 3 is 2.53 bits per heavy atom. The molecule has 2 aromatic heterocycles. The molecule has 2 atom stereocenters. The van der Waals surface area contributed by atoms with Crippen molar-refractivity contribution in [2.45, 2.75) is 25.9 Å². The van der Waals surface area contributed by atoms with Gasteiger partial charge in [0, 0.05) is 43.1 Å². The molecule has 0 aliphatic carbocycles. The van der Waals surface area contributed by atoms with Gasteiger partial charge in [-0.15, -0.1) is 0 Å². The molecule has 0 unspecified atom stereocenters. The minimum atomic E-state index is 0.498. The number of pyridine rings is 1. The van der Waals surface area contributed by atoms with E-state index >= 15 is 0 Å². The quantitative estimate of drug-likeness (QED) is 0.859. The average molecular weight is 257 g/mol. The zero-order valence-electron chi connectivity index (χ0n) is 11.3. The zero-order valence-corrected chi connectivity index (χ0v) is 11.3. The first kappa shape index (κ1) is 12.2. The molecule has 1 fully saturated rings. The minimum absolute atomic E-state index is 0.498. The van der Waals surface area contributed by atoms with Gasteiger partial charge in [-0.1, -0.05) is 0 Å². The van der Waals surface area contributed by atoms with E-state index in [1.165, 1.54) is 0 Å². The van der Waals surface area contributed by atoms with Crippen molar-refractivity contribution in [2.75, 3.05) is 18.0 Å². The van der Waals surface area contributed by atoms with Crippen LogP contribution in [-0.4, -0.2) is 40.4 Å². The predicted octanol–water partition coefficient (Wildman–Crippen LogP) is 1.66. The Balaban J connectivity index is 1.79. The van der Waals surface area contributed by atoms with E-state index in [2.05, 4.69) is 51.4 Å². The Hall–Kier alpha value is -1.88. The standard InChI is InChI=1S/C14H19N5/c1-10-8-19(9-11(2)17-10)14-4-3-12(7-15-14)13-5-6-16-18-13/h3-7,10-11,17H,8-9H2,1-2H3,(H,16,18)/t10-,11+. The summed E-state index contributed by atoms with van der Waals surface area (Å²) in [6, 6.07) is 7.12. The molecular formula is C14H19N5. The third-order valence-corrected chi connectivity index (χ3v) is 3.44. The van der Waals surface area contributed by atoms with E-state index in [1.54, 1.807) is 6.20 Å². The number of H-pyrrole nitrogens is 1. The molecule has 1 saturated heterocycles. The number of aromatic nitrogens is 3. The molecule has 0 amide bonds. The van der Waals surface area contributed by atoms with Gasteiger partial charge in [0.05, 0.1) is 5.69 Å². The molecule has 0 spiro atoms. The van der Waals surface area contributed by atoms with Gasteiger partial charge in [-0.3, -0.25) is 5.10 Å². The molecule has 3 heterocycles. The summed E-state index contributed by atoms with van der Waals surface area (Å²) in [5.41, 5.74) is 2.07. The molecule has 2 N–H and O–H groups in total. The Labute approximate surface area is 113 Å². The number of nitrogens with one attached hydrogen (secondary N) is 2. The SMILES string of the molecule is C[C@@H]1CN(c2ccc(-c3ccn[nH]3)cn2)C[C@H](C)N1. The predicted molar refractivity (Wildman–Crippen MR) is 76.1 cm³/mol. The van der Waals surface area contributed by atoms with Crippen molar-refractivity contribution in [3.63, 3.8) is 0 Å². The molecule has 0 aromatic carbocycles. The van der Waals surface area contributed by atoms with Gasteiger partial charge < -0.3 is 10.2 Å². The third-order valence-electron chi connectivity index (χ3n) is 3.44. The monoisotopic (exact) mass is 257 g/mol. The fourth-order valence-corrected chi connectivity index (χ4v) is 2.66. The van der Waals surface area contributed by atoms with Gasteiger partial charge in [0.25, 0.3) is 0 Å². The fraction of sp³-hybridized carbons (Fsp3) is 0.429. The normalized spacial score (nSPS) is 23.6. The van der Waals surface area contributed by atoms with Crippen LogP contribution in [0.15, 0.2) is 30.6 Å². The molecule has 5 nitrogen and oxygen atoms in total. The van der Waals surface area contributed by atoms with Gasteiger partial charge in [0.2, 0.25) is 0 Å². The third kappa shape index (κ3) is 2.61.